The molecule has 0 aromatic heterocycles. The molecule has 2 aromatic rings. The number of hydrogen-bond acceptors (Lipinski definition) is 3. The number of benzene rings is 2. The Labute approximate surface area is 125 Å². The first-order valence-electron chi connectivity index (χ1n) is 5.61. The highest BCUT2D eigenvalue weighted by Crippen LogP contribution is 2.27. The van der Waals surface area contributed by atoms with Crippen LogP contribution >= 0.6 is 22.6 Å². The molecule has 0 aliphatic rings. The standard InChI is InChI=1S/C14H13IN2O2/c1-19-13-7-6-9(16)8-12(13)17-14(18)10-4-2-3-5-11(10)15/h2-8H,16H2,1H3,(H,17,18). The number of halogens is 1. The molecular weight excluding hydrogens is 355 g/mol. The number of nitrogen functional groups attached to an aromatic ring is 1. The van der Waals surface area contributed by atoms with Gasteiger partial charge < -0.3 is 15.8 Å². The average molecular weight is 368 g/mol. The minimum atomic E-state index is -0.186. The van der Waals surface area contributed by atoms with Crippen molar-refractivity contribution in [2.75, 3.05) is 18.2 Å². The number of hydrogen-bond donors (Lipinski definition) is 2. The van der Waals surface area contributed by atoms with Crippen LogP contribution in [0.5, 0.6) is 5.75 Å². The first kappa shape index (κ1) is 13.7. The third-order valence-corrected chi connectivity index (χ3v) is 3.53. The Morgan fingerprint density at radius 3 is 2.68 bits per heavy atom. The molecule has 0 atom stereocenters. The Kier molecular flexibility index (Phi) is 4.26. The summed E-state index contributed by atoms with van der Waals surface area (Å²) in [7, 11) is 1.55. The lowest BCUT2D eigenvalue weighted by atomic mass is 10.2. The quantitative estimate of drug-likeness (QED) is 0.646. The molecule has 5 heteroatoms. The van der Waals surface area contributed by atoms with Crippen LogP contribution in [-0.2, 0) is 0 Å². The Balaban J connectivity index is 2.29. The molecule has 2 rings (SSSR count). The second kappa shape index (κ2) is 5.92. The Morgan fingerprint density at radius 1 is 1.26 bits per heavy atom. The lowest BCUT2D eigenvalue weighted by Gasteiger charge is -2.11. The number of nitrogens with two attached hydrogens (primary N) is 1. The molecule has 0 radical (unpaired) electrons. The van der Waals surface area contributed by atoms with E-state index in [-0.39, 0.29) is 5.91 Å². The third kappa shape index (κ3) is 3.17. The van der Waals surface area contributed by atoms with Gasteiger partial charge in [0.2, 0.25) is 0 Å². The van der Waals surface area contributed by atoms with Crippen molar-refractivity contribution < 1.29 is 9.53 Å². The Hall–Kier alpha value is -1.76. The van der Waals surface area contributed by atoms with E-state index in [1.54, 1.807) is 31.4 Å². The van der Waals surface area contributed by atoms with E-state index in [0.717, 1.165) is 3.57 Å². The van der Waals surface area contributed by atoms with Gasteiger partial charge in [-0.3, -0.25) is 4.79 Å². The normalized spacial score (nSPS) is 10.0. The smallest absolute Gasteiger partial charge is 0.256 e. The van der Waals surface area contributed by atoms with Crippen LogP contribution in [0.15, 0.2) is 42.5 Å². The zero-order chi connectivity index (χ0) is 13.8. The van der Waals surface area contributed by atoms with Crippen molar-refractivity contribution in [2.24, 2.45) is 0 Å². The lowest BCUT2D eigenvalue weighted by molar-refractivity contribution is 0.102. The number of amides is 1. The van der Waals surface area contributed by atoms with Crippen LogP contribution in [0.3, 0.4) is 0 Å². The maximum atomic E-state index is 12.2. The summed E-state index contributed by atoms with van der Waals surface area (Å²) in [5.74, 6) is 0.391. The van der Waals surface area contributed by atoms with Crippen molar-refractivity contribution in [3.63, 3.8) is 0 Å². The van der Waals surface area contributed by atoms with Gasteiger partial charge in [-0.25, -0.2) is 0 Å². The lowest BCUT2D eigenvalue weighted by Crippen LogP contribution is -2.14. The zero-order valence-corrected chi connectivity index (χ0v) is 12.5. The molecular formula is C14H13IN2O2. The number of carbonyl (C=O) groups excluding carboxylic acids is 1. The molecule has 0 spiro atoms. The van der Waals surface area contributed by atoms with Crippen LogP contribution in [0, 0.1) is 3.57 Å². The van der Waals surface area contributed by atoms with Gasteiger partial charge in [-0.05, 0) is 52.9 Å². The summed E-state index contributed by atoms with van der Waals surface area (Å²) in [4.78, 5) is 12.2. The number of methoxy groups -OCH3 is 1. The largest absolute Gasteiger partial charge is 0.495 e. The van der Waals surface area contributed by atoms with Gasteiger partial charge in [0.1, 0.15) is 5.75 Å². The van der Waals surface area contributed by atoms with E-state index < -0.39 is 0 Å². The van der Waals surface area contributed by atoms with Crippen LogP contribution in [0.2, 0.25) is 0 Å². The van der Waals surface area contributed by atoms with E-state index in [9.17, 15) is 4.79 Å². The van der Waals surface area contributed by atoms with Gasteiger partial charge in [0, 0.05) is 9.26 Å². The topological polar surface area (TPSA) is 64.3 Å². The van der Waals surface area contributed by atoms with Gasteiger partial charge in [-0.2, -0.15) is 0 Å². The van der Waals surface area contributed by atoms with E-state index >= 15 is 0 Å². The minimum Gasteiger partial charge on any atom is -0.495 e. The van der Waals surface area contributed by atoms with E-state index in [2.05, 4.69) is 27.9 Å². The third-order valence-electron chi connectivity index (χ3n) is 2.59. The predicted molar refractivity (Wildman–Crippen MR) is 84.5 cm³/mol. The van der Waals surface area contributed by atoms with Gasteiger partial charge >= 0.3 is 0 Å². The van der Waals surface area contributed by atoms with Gasteiger partial charge in [0.15, 0.2) is 0 Å². The number of ether oxygens (including phenoxy) is 1. The molecule has 0 unspecified atom stereocenters. The van der Waals surface area contributed by atoms with Gasteiger partial charge in [-0.1, -0.05) is 12.1 Å². The summed E-state index contributed by atoms with van der Waals surface area (Å²) in [5.41, 5.74) is 7.47. The molecule has 0 bridgehead atoms. The molecule has 2 aromatic carbocycles. The molecule has 98 valence electrons. The van der Waals surface area contributed by atoms with Crippen molar-refractivity contribution in [1.82, 2.24) is 0 Å². The number of anilines is 2. The van der Waals surface area contributed by atoms with E-state index in [1.807, 2.05) is 18.2 Å². The van der Waals surface area contributed by atoms with Crippen LogP contribution < -0.4 is 15.8 Å². The molecule has 3 N–H and O–H groups in total. The van der Waals surface area contributed by atoms with Gasteiger partial charge in [-0.15, -0.1) is 0 Å². The highest BCUT2D eigenvalue weighted by atomic mass is 127. The molecule has 0 fully saturated rings. The average Bonchev–Trinajstić information content (AvgIpc) is 2.39. The molecule has 0 saturated carbocycles. The highest BCUT2D eigenvalue weighted by Gasteiger charge is 2.12. The molecule has 1 amide bonds. The summed E-state index contributed by atoms with van der Waals surface area (Å²) in [6.07, 6.45) is 0. The minimum absolute atomic E-state index is 0.186. The zero-order valence-electron chi connectivity index (χ0n) is 10.3. The molecule has 19 heavy (non-hydrogen) atoms. The molecule has 0 aliphatic heterocycles. The molecule has 0 saturated heterocycles. The van der Waals surface area contributed by atoms with Gasteiger partial charge in [0.25, 0.3) is 5.91 Å². The Morgan fingerprint density at radius 2 is 2.00 bits per heavy atom. The first-order chi connectivity index (χ1) is 9.11. The monoisotopic (exact) mass is 368 g/mol. The number of nitrogens with one attached hydrogen (secondary N) is 1. The van der Waals surface area contributed by atoms with Crippen LogP contribution in [0.4, 0.5) is 11.4 Å². The van der Waals surface area contributed by atoms with Crippen LogP contribution in [-0.4, -0.2) is 13.0 Å². The summed E-state index contributed by atoms with van der Waals surface area (Å²) >= 11 is 2.13. The Bertz CT molecular complexity index is 614. The van der Waals surface area contributed by atoms with Crippen LogP contribution in [0.1, 0.15) is 10.4 Å². The maximum Gasteiger partial charge on any atom is 0.256 e. The summed E-state index contributed by atoms with van der Waals surface area (Å²) in [6, 6.07) is 12.5. The van der Waals surface area contributed by atoms with Crippen molar-refractivity contribution in [3.05, 3.63) is 51.6 Å². The van der Waals surface area contributed by atoms with Crippen LogP contribution in [0.25, 0.3) is 0 Å². The van der Waals surface area contributed by atoms with Gasteiger partial charge in [0.05, 0.1) is 18.4 Å². The molecule has 4 nitrogen and oxygen atoms in total. The maximum absolute atomic E-state index is 12.2. The predicted octanol–water partition coefficient (Wildman–Crippen LogP) is 3.13. The van der Waals surface area contributed by atoms with Crippen molar-refractivity contribution in [1.29, 1.82) is 0 Å². The van der Waals surface area contributed by atoms with Crippen molar-refractivity contribution >= 4 is 39.9 Å². The molecule has 0 aliphatic carbocycles. The van der Waals surface area contributed by atoms with E-state index in [4.69, 9.17) is 10.5 Å². The van der Waals surface area contributed by atoms with Crippen molar-refractivity contribution in [2.45, 2.75) is 0 Å². The summed E-state index contributed by atoms with van der Waals surface area (Å²) < 4.78 is 6.08. The number of rotatable bonds is 3. The second-order valence-electron chi connectivity index (χ2n) is 3.89. The summed E-state index contributed by atoms with van der Waals surface area (Å²) in [6.45, 7) is 0. The van der Waals surface area contributed by atoms with E-state index in [0.29, 0.717) is 22.7 Å². The fourth-order valence-electron chi connectivity index (χ4n) is 1.66. The van der Waals surface area contributed by atoms with Crippen molar-refractivity contribution in [3.8, 4) is 5.75 Å². The fourth-order valence-corrected chi connectivity index (χ4v) is 2.29. The highest BCUT2D eigenvalue weighted by molar-refractivity contribution is 14.1. The first-order valence-corrected chi connectivity index (χ1v) is 6.69. The fraction of sp³-hybridized carbons (Fsp3) is 0.0714. The SMILES string of the molecule is COc1ccc(N)cc1NC(=O)c1ccccc1I. The second-order valence-corrected chi connectivity index (χ2v) is 5.06. The van der Waals surface area contributed by atoms with E-state index in [1.165, 1.54) is 0 Å². The summed E-state index contributed by atoms with van der Waals surface area (Å²) in [5, 5.41) is 2.81. The number of carbonyl (C=O) groups is 1. The molecule has 0 heterocycles.